The van der Waals surface area contributed by atoms with Gasteiger partial charge in [0.05, 0.1) is 18.1 Å². The zero-order chi connectivity index (χ0) is 27.3. The maximum Gasteiger partial charge on any atom is 0.434 e. The zero-order valence-corrected chi connectivity index (χ0v) is 25.2. The number of hydrogen-bond acceptors (Lipinski definition) is 4. The number of nitrogens with zero attached hydrogens (tertiary/aromatic N) is 5. The molecule has 0 saturated carbocycles. The molecule has 1 aromatic carbocycles. The number of aromatic amines is 1. The van der Waals surface area contributed by atoms with E-state index in [0.29, 0.717) is 25.5 Å². The highest BCUT2D eigenvalue weighted by Gasteiger charge is 2.37. The van der Waals surface area contributed by atoms with Gasteiger partial charge in [0.25, 0.3) is 0 Å². The highest BCUT2D eigenvalue weighted by atomic mass is 35.5. The Labute approximate surface area is 258 Å². The van der Waals surface area contributed by atoms with E-state index < -0.39 is 11.9 Å². The van der Waals surface area contributed by atoms with Crippen LogP contribution in [0, 0.1) is 0 Å². The highest BCUT2D eigenvalue weighted by Crippen LogP contribution is 2.37. The van der Waals surface area contributed by atoms with Crippen LogP contribution in [0.5, 0.6) is 0 Å². The van der Waals surface area contributed by atoms with Gasteiger partial charge in [0.2, 0.25) is 6.33 Å². The Morgan fingerprint density at radius 3 is 2.68 bits per heavy atom. The van der Waals surface area contributed by atoms with Crippen molar-refractivity contribution in [3.8, 4) is 0 Å². The molecule has 222 valence electrons. The number of piperazine rings is 1. The maximum atomic E-state index is 13.4. The Morgan fingerprint density at radius 2 is 1.95 bits per heavy atom. The first-order valence-corrected chi connectivity index (χ1v) is 13.7. The lowest BCUT2D eigenvalue weighted by Crippen LogP contribution is -3.00. The van der Waals surface area contributed by atoms with E-state index in [1.54, 1.807) is 6.07 Å². The second-order valence-corrected chi connectivity index (χ2v) is 11.2. The summed E-state index contributed by atoms with van der Waals surface area (Å²) < 4.78 is 44.5. The summed E-state index contributed by atoms with van der Waals surface area (Å²) in [7, 11) is 2.00. The fourth-order valence-electron chi connectivity index (χ4n) is 5.87. The van der Waals surface area contributed by atoms with E-state index in [9.17, 15) is 13.2 Å². The van der Waals surface area contributed by atoms with E-state index in [1.807, 2.05) is 40.9 Å². The molecule has 4 aromatic rings. The van der Waals surface area contributed by atoms with Gasteiger partial charge in [-0.2, -0.15) is 13.2 Å². The van der Waals surface area contributed by atoms with Crippen LogP contribution in [-0.2, 0) is 26.2 Å². The van der Waals surface area contributed by atoms with Gasteiger partial charge in [-0.25, -0.2) is 14.1 Å². The molecule has 1 fully saturated rings. The summed E-state index contributed by atoms with van der Waals surface area (Å²) in [6, 6.07) is 8.96. The summed E-state index contributed by atoms with van der Waals surface area (Å²) in [4.78, 5) is 11.9. The fourth-order valence-corrected chi connectivity index (χ4v) is 6.25. The SMILES string of the molecule is Cl.Cn1cc[n+](CC2c3[nH]c4ccc(Cl)cc4c3CCN2CC2CN(c3ccc(Cl)c(C(F)(F)F)n3)CCN2)c1.[Cl-]. The lowest BCUT2D eigenvalue weighted by atomic mass is 9.96. The minimum Gasteiger partial charge on any atom is -1.00 e. The average Bonchev–Trinajstić information content (AvgIpc) is 3.48. The number of halogens is 7. The summed E-state index contributed by atoms with van der Waals surface area (Å²) in [6.45, 7) is 4.13. The molecule has 6 rings (SSSR count). The van der Waals surface area contributed by atoms with E-state index in [-0.39, 0.29) is 41.9 Å². The van der Waals surface area contributed by atoms with Crippen molar-refractivity contribution >= 4 is 52.3 Å². The average molecular weight is 651 g/mol. The predicted molar refractivity (Wildman–Crippen MR) is 152 cm³/mol. The lowest BCUT2D eigenvalue weighted by molar-refractivity contribution is -0.702. The summed E-state index contributed by atoms with van der Waals surface area (Å²) >= 11 is 12.1. The van der Waals surface area contributed by atoms with E-state index in [1.165, 1.54) is 17.3 Å². The molecule has 2 aliphatic rings. The summed E-state index contributed by atoms with van der Waals surface area (Å²) in [5, 5.41) is 5.07. The zero-order valence-electron chi connectivity index (χ0n) is 22.1. The molecule has 41 heavy (non-hydrogen) atoms. The molecule has 14 heteroatoms. The molecule has 7 nitrogen and oxygen atoms in total. The molecular weight excluding hydrogens is 621 g/mol. The van der Waals surface area contributed by atoms with Crippen LogP contribution in [0.15, 0.2) is 49.1 Å². The molecule has 0 aliphatic carbocycles. The third kappa shape index (κ3) is 6.58. The molecular formula is C27H30Cl4F3N7. The van der Waals surface area contributed by atoms with Crippen LogP contribution in [0.1, 0.15) is 23.0 Å². The van der Waals surface area contributed by atoms with Gasteiger partial charge in [0.15, 0.2) is 5.69 Å². The van der Waals surface area contributed by atoms with E-state index in [0.717, 1.165) is 42.0 Å². The minimum atomic E-state index is -4.60. The number of nitrogens with one attached hydrogen (secondary N) is 2. The Hall–Kier alpha value is -2.21. The van der Waals surface area contributed by atoms with Crippen molar-refractivity contribution in [1.82, 2.24) is 24.8 Å². The Balaban J connectivity index is 0.00000194. The Bertz CT molecular complexity index is 1510. The van der Waals surface area contributed by atoms with Crippen molar-refractivity contribution < 1.29 is 30.1 Å². The van der Waals surface area contributed by atoms with Crippen molar-refractivity contribution in [1.29, 1.82) is 0 Å². The summed E-state index contributed by atoms with van der Waals surface area (Å²) in [6.07, 6.45) is 2.44. The molecule has 3 aromatic heterocycles. The van der Waals surface area contributed by atoms with Gasteiger partial charge in [-0.3, -0.25) is 4.90 Å². The number of benzene rings is 1. The number of alkyl halides is 3. The van der Waals surface area contributed by atoms with Gasteiger partial charge < -0.3 is 27.6 Å². The topological polar surface area (TPSA) is 56.0 Å². The second-order valence-electron chi connectivity index (χ2n) is 10.3. The van der Waals surface area contributed by atoms with Crippen LogP contribution in [0.2, 0.25) is 10.0 Å². The van der Waals surface area contributed by atoms with Crippen LogP contribution >= 0.6 is 35.6 Å². The molecule has 2 N–H and O–H groups in total. The molecule has 2 aliphatic heterocycles. The molecule has 0 bridgehead atoms. The van der Waals surface area contributed by atoms with Gasteiger partial charge in [0, 0.05) is 60.4 Å². The van der Waals surface area contributed by atoms with Crippen molar-refractivity contribution in [2.75, 3.05) is 37.6 Å². The number of fused-ring (bicyclic) bond motifs is 3. The van der Waals surface area contributed by atoms with Crippen molar-refractivity contribution in [2.24, 2.45) is 7.05 Å². The first kappa shape index (κ1) is 31.7. The van der Waals surface area contributed by atoms with Crippen LogP contribution < -0.4 is 27.2 Å². The van der Waals surface area contributed by atoms with Crippen LogP contribution in [0.25, 0.3) is 10.9 Å². The monoisotopic (exact) mass is 649 g/mol. The number of hydrogen-bond donors (Lipinski definition) is 2. The molecule has 0 spiro atoms. The quantitative estimate of drug-likeness (QED) is 0.325. The number of imidazole rings is 1. The van der Waals surface area contributed by atoms with Crippen molar-refractivity contribution in [3.05, 3.63) is 76.0 Å². The first-order chi connectivity index (χ1) is 18.7. The van der Waals surface area contributed by atoms with E-state index >= 15 is 0 Å². The molecule has 5 heterocycles. The van der Waals surface area contributed by atoms with Gasteiger partial charge in [-0.1, -0.05) is 23.2 Å². The second kappa shape index (κ2) is 12.6. The first-order valence-electron chi connectivity index (χ1n) is 12.9. The van der Waals surface area contributed by atoms with Gasteiger partial charge in [-0.05, 0) is 42.3 Å². The Kier molecular flexibility index (Phi) is 9.72. The smallest absolute Gasteiger partial charge is 0.434 e. The molecule has 0 radical (unpaired) electrons. The third-order valence-electron chi connectivity index (χ3n) is 7.67. The van der Waals surface area contributed by atoms with Gasteiger partial charge in [-0.15, -0.1) is 12.4 Å². The van der Waals surface area contributed by atoms with E-state index in [2.05, 4.69) is 37.3 Å². The number of pyridine rings is 1. The molecule has 2 unspecified atom stereocenters. The predicted octanol–water partition coefficient (Wildman–Crippen LogP) is 2.02. The molecule has 0 amide bonds. The number of aryl methyl sites for hydroxylation is 1. The van der Waals surface area contributed by atoms with Crippen LogP contribution in [-0.4, -0.2) is 58.2 Å². The number of rotatable bonds is 5. The lowest BCUT2D eigenvalue weighted by Gasteiger charge is -2.41. The van der Waals surface area contributed by atoms with Crippen LogP contribution in [0.3, 0.4) is 0 Å². The third-order valence-corrected chi connectivity index (χ3v) is 8.21. The summed E-state index contributed by atoms with van der Waals surface area (Å²) in [5.74, 6) is 0.294. The minimum absolute atomic E-state index is 0. The van der Waals surface area contributed by atoms with Crippen LogP contribution in [0.4, 0.5) is 19.0 Å². The maximum absolute atomic E-state index is 13.4. The Morgan fingerprint density at radius 1 is 1.15 bits per heavy atom. The largest absolute Gasteiger partial charge is 1.00 e. The molecule has 2 atom stereocenters. The number of anilines is 1. The standard InChI is InChI=1S/C27H29Cl2F3N7.2ClH/c1-36-10-11-37(16-36)15-23-25-19(20-12-17(28)2-4-22(20)34-25)6-8-38(23)13-18-14-39(9-7-33-18)24-5-3-21(29)26(35-24)27(30,31)32;;/h2-5,10-12,16,18,23,33-34H,6-9,13-15H2,1H3;2*1H/q+1;;/p-1. The summed E-state index contributed by atoms with van der Waals surface area (Å²) in [5.41, 5.74) is 2.52. The fraction of sp³-hybridized carbons (Fsp3) is 0.407. The highest BCUT2D eigenvalue weighted by molar-refractivity contribution is 6.31. The molecule has 1 saturated heterocycles. The van der Waals surface area contributed by atoms with Gasteiger partial charge in [0.1, 0.15) is 24.8 Å². The van der Waals surface area contributed by atoms with E-state index in [4.69, 9.17) is 23.2 Å². The number of H-pyrrole nitrogens is 1. The van der Waals surface area contributed by atoms with Crippen molar-refractivity contribution in [2.45, 2.75) is 31.2 Å². The number of aromatic nitrogens is 4. The van der Waals surface area contributed by atoms with Crippen molar-refractivity contribution in [3.63, 3.8) is 0 Å². The normalized spacial score (nSPS) is 19.5. The van der Waals surface area contributed by atoms with Gasteiger partial charge >= 0.3 is 6.18 Å².